The number of esters is 1. The van der Waals surface area contributed by atoms with E-state index < -0.39 is 23.7 Å². The maximum absolute atomic E-state index is 13.2. The van der Waals surface area contributed by atoms with Gasteiger partial charge in [0.2, 0.25) is 5.76 Å². The lowest BCUT2D eigenvalue weighted by Crippen LogP contribution is -2.30. The molecule has 1 N–H and O–H groups in total. The van der Waals surface area contributed by atoms with Crippen molar-refractivity contribution in [2.45, 2.75) is 6.54 Å². The molecule has 1 aromatic heterocycles. The highest BCUT2D eigenvalue weighted by Crippen LogP contribution is 2.19. The number of halogens is 1. The third-order valence-corrected chi connectivity index (χ3v) is 3.48. The number of benzene rings is 1. The van der Waals surface area contributed by atoms with E-state index in [0.717, 1.165) is 4.90 Å². The minimum absolute atomic E-state index is 0.0235. The molecule has 0 aliphatic carbocycles. The van der Waals surface area contributed by atoms with Gasteiger partial charge in [0, 0.05) is 0 Å². The molecule has 0 radical (unpaired) electrons. The van der Waals surface area contributed by atoms with E-state index >= 15 is 0 Å². The number of nitrogens with one attached hydrogen (secondary N) is 1. The minimum Gasteiger partial charge on any atom is -0.463 e. The second-order valence-electron chi connectivity index (χ2n) is 5.19. The Labute approximate surface area is 141 Å². The maximum atomic E-state index is 13.2. The quantitative estimate of drug-likeness (QED) is 0.522. The van der Waals surface area contributed by atoms with E-state index in [2.05, 4.69) is 10.1 Å². The van der Waals surface area contributed by atoms with Gasteiger partial charge in [0.1, 0.15) is 17.3 Å². The van der Waals surface area contributed by atoms with E-state index in [4.69, 9.17) is 4.42 Å². The third-order valence-electron chi connectivity index (χ3n) is 3.48. The van der Waals surface area contributed by atoms with Crippen LogP contribution in [0, 0.1) is 5.82 Å². The van der Waals surface area contributed by atoms with Crippen LogP contribution in [0.2, 0.25) is 0 Å². The number of amides is 3. The molecule has 8 heteroatoms. The number of methoxy groups -OCH3 is 1. The number of furan rings is 1. The molecule has 0 bridgehead atoms. The van der Waals surface area contributed by atoms with Crippen molar-refractivity contribution in [3.63, 3.8) is 0 Å². The zero-order valence-corrected chi connectivity index (χ0v) is 13.1. The summed E-state index contributed by atoms with van der Waals surface area (Å²) in [6, 6.07) is 7.85. The minimum atomic E-state index is -0.657. The largest absolute Gasteiger partial charge is 0.463 e. The van der Waals surface area contributed by atoms with Gasteiger partial charge in [-0.25, -0.2) is 14.0 Å². The molecular weight excluding hydrogens is 331 g/mol. The average molecular weight is 344 g/mol. The van der Waals surface area contributed by atoms with Gasteiger partial charge < -0.3 is 14.5 Å². The Kier molecular flexibility index (Phi) is 4.34. The molecule has 0 unspecified atom stereocenters. The summed E-state index contributed by atoms with van der Waals surface area (Å²) in [6.45, 7) is -0.151. The number of nitrogens with zero attached hydrogens (tertiary/aromatic N) is 1. The number of urea groups is 1. The molecule has 128 valence electrons. The molecule has 25 heavy (non-hydrogen) atoms. The number of hydrogen-bond acceptors (Lipinski definition) is 5. The summed E-state index contributed by atoms with van der Waals surface area (Å²) in [5, 5.41) is 2.43. The van der Waals surface area contributed by atoms with Crippen molar-refractivity contribution in [1.82, 2.24) is 10.2 Å². The molecule has 0 spiro atoms. The first-order valence-corrected chi connectivity index (χ1v) is 7.25. The standard InChI is InChI=1S/C17H13FN2O5/c1-24-16(22)14-6-5-12(25-14)9-20-15(21)13(19-17(20)23)8-10-3-2-4-11(18)7-10/h2-8H,9H2,1H3,(H,19,23)/b13-8-. The fourth-order valence-corrected chi connectivity index (χ4v) is 2.31. The van der Waals surface area contributed by atoms with Gasteiger partial charge in [-0.2, -0.15) is 0 Å². The number of hydrogen-bond donors (Lipinski definition) is 1. The van der Waals surface area contributed by atoms with Crippen LogP contribution in [0.15, 0.2) is 46.5 Å². The van der Waals surface area contributed by atoms with Crippen LogP contribution in [-0.2, 0) is 16.1 Å². The van der Waals surface area contributed by atoms with Crippen LogP contribution in [0.3, 0.4) is 0 Å². The molecule has 2 aromatic rings. The van der Waals surface area contributed by atoms with E-state index in [-0.39, 0.29) is 23.8 Å². The van der Waals surface area contributed by atoms with Gasteiger partial charge in [0.15, 0.2) is 0 Å². The predicted octanol–water partition coefficient (Wildman–Crippen LogP) is 2.30. The van der Waals surface area contributed by atoms with Crippen LogP contribution < -0.4 is 5.32 Å². The van der Waals surface area contributed by atoms with E-state index in [1.54, 1.807) is 6.07 Å². The lowest BCUT2D eigenvalue weighted by atomic mass is 10.2. The first kappa shape index (κ1) is 16.4. The lowest BCUT2D eigenvalue weighted by molar-refractivity contribution is -0.123. The van der Waals surface area contributed by atoms with Crippen molar-refractivity contribution in [3.8, 4) is 0 Å². The molecule has 7 nitrogen and oxygen atoms in total. The Hall–Kier alpha value is -3.42. The van der Waals surface area contributed by atoms with E-state index in [1.807, 2.05) is 0 Å². The summed E-state index contributed by atoms with van der Waals surface area (Å²) in [7, 11) is 1.21. The first-order chi connectivity index (χ1) is 12.0. The molecule has 0 atom stereocenters. The Morgan fingerprint density at radius 1 is 1.32 bits per heavy atom. The van der Waals surface area contributed by atoms with Crippen LogP contribution in [0.5, 0.6) is 0 Å². The van der Waals surface area contributed by atoms with Gasteiger partial charge in [-0.1, -0.05) is 12.1 Å². The highest BCUT2D eigenvalue weighted by atomic mass is 19.1. The van der Waals surface area contributed by atoms with Gasteiger partial charge in [0.25, 0.3) is 5.91 Å². The van der Waals surface area contributed by atoms with Crippen molar-refractivity contribution >= 4 is 24.0 Å². The Morgan fingerprint density at radius 2 is 2.12 bits per heavy atom. The van der Waals surface area contributed by atoms with Crippen LogP contribution in [-0.4, -0.2) is 29.9 Å². The second-order valence-corrected chi connectivity index (χ2v) is 5.19. The fourth-order valence-electron chi connectivity index (χ4n) is 2.31. The SMILES string of the molecule is COC(=O)c1ccc(CN2C(=O)N/C(=C\c3cccc(F)c3)C2=O)o1. The third kappa shape index (κ3) is 3.42. The predicted molar refractivity (Wildman–Crippen MR) is 83.5 cm³/mol. The number of rotatable bonds is 4. The van der Waals surface area contributed by atoms with Crippen LogP contribution in [0.25, 0.3) is 6.08 Å². The molecule has 2 heterocycles. The molecule has 0 saturated carbocycles. The summed E-state index contributed by atoms with van der Waals surface area (Å²) >= 11 is 0. The van der Waals surface area contributed by atoms with Gasteiger partial charge in [-0.3, -0.25) is 9.69 Å². The van der Waals surface area contributed by atoms with Gasteiger partial charge >= 0.3 is 12.0 Å². The zero-order valence-electron chi connectivity index (χ0n) is 13.1. The van der Waals surface area contributed by atoms with Crippen molar-refractivity contribution in [3.05, 3.63) is 65.0 Å². The van der Waals surface area contributed by atoms with Crippen molar-refractivity contribution in [2.75, 3.05) is 7.11 Å². The molecule has 3 amide bonds. The van der Waals surface area contributed by atoms with Crippen molar-refractivity contribution < 1.29 is 27.9 Å². The maximum Gasteiger partial charge on any atom is 0.373 e. The Morgan fingerprint density at radius 3 is 2.84 bits per heavy atom. The van der Waals surface area contributed by atoms with Gasteiger partial charge in [-0.05, 0) is 35.9 Å². The van der Waals surface area contributed by atoms with E-state index in [9.17, 15) is 18.8 Å². The molecule has 1 saturated heterocycles. The first-order valence-electron chi connectivity index (χ1n) is 7.25. The lowest BCUT2D eigenvalue weighted by Gasteiger charge is -2.09. The fraction of sp³-hybridized carbons (Fsp3) is 0.118. The van der Waals surface area contributed by atoms with Gasteiger partial charge in [-0.15, -0.1) is 0 Å². The molecule has 1 aromatic carbocycles. The summed E-state index contributed by atoms with van der Waals surface area (Å²) in [5.41, 5.74) is 0.465. The molecule has 1 aliphatic rings. The van der Waals surface area contributed by atoms with Crippen LogP contribution >= 0.6 is 0 Å². The summed E-state index contributed by atoms with van der Waals surface area (Å²) in [4.78, 5) is 36.6. The number of ether oxygens (including phenoxy) is 1. The molecular formula is C17H13FN2O5. The highest BCUT2D eigenvalue weighted by Gasteiger charge is 2.34. The Balaban J connectivity index is 1.77. The summed E-state index contributed by atoms with van der Waals surface area (Å²) in [6.07, 6.45) is 1.38. The Bertz CT molecular complexity index is 887. The van der Waals surface area contributed by atoms with Crippen molar-refractivity contribution in [2.24, 2.45) is 0 Å². The zero-order chi connectivity index (χ0) is 18.0. The van der Waals surface area contributed by atoms with Crippen molar-refractivity contribution in [1.29, 1.82) is 0 Å². The number of carbonyl (C=O) groups excluding carboxylic acids is 3. The van der Waals surface area contributed by atoms with Crippen LogP contribution in [0.4, 0.5) is 9.18 Å². The second kappa shape index (κ2) is 6.60. The molecule has 3 rings (SSSR count). The number of carbonyl (C=O) groups is 3. The monoisotopic (exact) mass is 344 g/mol. The molecule has 1 fully saturated rings. The molecule has 1 aliphatic heterocycles. The van der Waals surface area contributed by atoms with Gasteiger partial charge in [0.05, 0.1) is 13.7 Å². The van der Waals surface area contributed by atoms with E-state index in [0.29, 0.717) is 5.56 Å². The smallest absolute Gasteiger partial charge is 0.373 e. The van der Waals surface area contributed by atoms with Crippen LogP contribution in [0.1, 0.15) is 21.9 Å². The summed E-state index contributed by atoms with van der Waals surface area (Å²) < 4.78 is 23.0. The topological polar surface area (TPSA) is 88.9 Å². The van der Waals surface area contributed by atoms with E-state index in [1.165, 1.54) is 43.5 Å². The normalized spacial score (nSPS) is 15.6. The average Bonchev–Trinajstić information content (AvgIpc) is 3.15. The highest BCUT2D eigenvalue weighted by molar-refractivity contribution is 6.13. The number of imide groups is 1. The summed E-state index contributed by atoms with van der Waals surface area (Å²) in [5.74, 6) is -1.47.